The Balaban J connectivity index is 3.10. The lowest BCUT2D eigenvalue weighted by Gasteiger charge is -2.05. The van der Waals surface area contributed by atoms with Gasteiger partial charge in [-0.1, -0.05) is 6.07 Å². The lowest BCUT2D eigenvalue weighted by molar-refractivity contribution is -0.136. The molecule has 0 atom stereocenters. The second-order valence-corrected chi connectivity index (χ2v) is 2.61. The van der Waals surface area contributed by atoms with Crippen LogP contribution in [0.25, 0.3) is 0 Å². The average molecular weight is 184 g/mol. The van der Waals surface area contributed by atoms with Gasteiger partial charge in [0.1, 0.15) is 0 Å². The predicted octanol–water partition coefficient (Wildman–Crippen LogP) is 0.617. The average Bonchev–Trinajstić information content (AvgIpc) is 2.06. The molecule has 0 bridgehead atoms. The molecule has 0 fully saturated rings. The second-order valence-electron chi connectivity index (χ2n) is 2.61. The Bertz CT molecular complexity index is 352. The molecule has 1 aromatic carbocycles. The SMILES string of the molecule is Nc1ccc(CC(=O)O)c(F)c1N. The number of aliphatic carboxylic acids is 1. The van der Waals surface area contributed by atoms with Gasteiger partial charge >= 0.3 is 5.97 Å². The van der Waals surface area contributed by atoms with Crippen molar-refractivity contribution in [2.75, 3.05) is 11.5 Å². The van der Waals surface area contributed by atoms with Gasteiger partial charge in [-0.2, -0.15) is 0 Å². The number of carboxylic acid groups (broad SMARTS) is 1. The van der Waals surface area contributed by atoms with Crippen LogP contribution >= 0.6 is 0 Å². The molecule has 0 amide bonds. The first-order chi connectivity index (χ1) is 6.02. The van der Waals surface area contributed by atoms with E-state index in [9.17, 15) is 9.18 Å². The summed E-state index contributed by atoms with van der Waals surface area (Å²) in [6, 6.07) is 2.70. The molecule has 0 aliphatic carbocycles. The van der Waals surface area contributed by atoms with E-state index in [1.165, 1.54) is 12.1 Å². The zero-order chi connectivity index (χ0) is 10.0. The van der Waals surface area contributed by atoms with Crippen molar-refractivity contribution < 1.29 is 14.3 Å². The van der Waals surface area contributed by atoms with Crippen LogP contribution in [0.5, 0.6) is 0 Å². The molecule has 0 aliphatic rings. The van der Waals surface area contributed by atoms with E-state index in [4.69, 9.17) is 16.6 Å². The van der Waals surface area contributed by atoms with Gasteiger partial charge in [0.05, 0.1) is 17.8 Å². The summed E-state index contributed by atoms with van der Waals surface area (Å²) in [5.74, 6) is -1.86. The molecule has 0 spiro atoms. The lowest BCUT2D eigenvalue weighted by Crippen LogP contribution is -2.06. The van der Waals surface area contributed by atoms with Crippen LogP contribution in [0.4, 0.5) is 15.8 Å². The fourth-order valence-electron chi connectivity index (χ4n) is 0.952. The van der Waals surface area contributed by atoms with E-state index in [2.05, 4.69) is 0 Å². The molecule has 5 heteroatoms. The molecule has 0 radical (unpaired) electrons. The Morgan fingerprint density at radius 2 is 2.08 bits per heavy atom. The van der Waals surface area contributed by atoms with Gasteiger partial charge in [-0.3, -0.25) is 4.79 Å². The molecule has 0 saturated carbocycles. The smallest absolute Gasteiger partial charge is 0.307 e. The molecule has 0 saturated heterocycles. The minimum Gasteiger partial charge on any atom is -0.481 e. The maximum atomic E-state index is 13.2. The zero-order valence-electron chi connectivity index (χ0n) is 6.75. The Hall–Kier alpha value is -1.78. The Kier molecular flexibility index (Phi) is 2.36. The summed E-state index contributed by atoms with van der Waals surface area (Å²) < 4.78 is 13.2. The quantitative estimate of drug-likeness (QED) is 0.587. The Morgan fingerprint density at radius 3 is 2.62 bits per heavy atom. The molecule has 1 aromatic rings. The molecule has 13 heavy (non-hydrogen) atoms. The van der Waals surface area contributed by atoms with Crippen LogP contribution in [0.1, 0.15) is 5.56 Å². The first kappa shape index (κ1) is 9.31. The maximum absolute atomic E-state index is 13.2. The van der Waals surface area contributed by atoms with Gasteiger partial charge in [0.15, 0.2) is 5.82 Å². The molecular formula is C8H9FN2O2. The number of anilines is 2. The zero-order valence-corrected chi connectivity index (χ0v) is 6.75. The van der Waals surface area contributed by atoms with E-state index in [1.807, 2.05) is 0 Å². The number of carboxylic acids is 1. The number of carbonyl (C=O) groups is 1. The summed E-state index contributed by atoms with van der Waals surface area (Å²) in [7, 11) is 0. The topological polar surface area (TPSA) is 89.3 Å². The van der Waals surface area contributed by atoms with Crippen molar-refractivity contribution in [3.8, 4) is 0 Å². The molecule has 0 aliphatic heterocycles. The summed E-state index contributed by atoms with van der Waals surface area (Å²) in [6.45, 7) is 0. The van der Waals surface area contributed by atoms with Crippen molar-refractivity contribution >= 4 is 17.3 Å². The molecule has 5 N–H and O–H groups in total. The molecule has 0 unspecified atom stereocenters. The van der Waals surface area contributed by atoms with Crippen LogP contribution in [-0.2, 0) is 11.2 Å². The van der Waals surface area contributed by atoms with Gasteiger partial charge in [-0.05, 0) is 6.07 Å². The number of hydrogen-bond acceptors (Lipinski definition) is 3. The van der Waals surface area contributed by atoms with Crippen LogP contribution < -0.4 is 11.5 Å². The van der Waals surface area contributed by atoms with E-state index in [-0.39, 0.29) is 16.9 Å². The molecule has 1 rings (SSSR count). The molecule has 0 aromatic heterocycles. The maximum Gasteiger partial charge on any atom is 0.307 e. The van der Waals surface area contributed by atoms with Crippen molar-refractivity contribution in [1.82, 2.24) is 0 Å². The van der Waals surface area contributed by atoms with Crippen molar-refractivity contribution in [2.45, 2.75) is 6.42 Å². The third-order valence-electron chi connectivity index (χ3n) is 1.64. The fourth-order valence-corrected chi connectivity index (χ4v) is 0.952. The summed E-state index contributed by atoms with van der Waals surface area (Å²) in [4.78, 5) is 10.3. The van der Waals surface area contributed by atoms with Crippen LogP contribution in [0.2, 0.25) is 0 Å². The van der Waals surface area contributed by atoms with Gasteiger partial charge < -0.3 is 16.6 Å². The number of halogens is 1. The van der Waals surface area contributed by atoms with E-state index < -0.39 is 18.2 Å². The van der Waals surface area contributed by atoms with E-state index >= 15 is 0 Å². The van der Waals surface area contributed by atoms with E-state index in [1.54, 1.807) is 0 Å². The van der Waals surface area contributed by atoms with Crippen molar-refractivity contribution in [1.29, 1.82) is 0 Å². The van der Waals surface area contributed by atoms with Gasteiger partial charge in [-0.25, -0.2) is 4.39 Å². The van der Waals surface area contributed by atoms with Gasteiger partial charge in [0, 0.05) is 5.56 Å². The predicted molar refractivity (Wildman–Crippen MR) is 46.6 cm³/mol. The number of nitrogens with two attached hydrogens (primary N) is 2. The number of hydrogen-bond donors (Lipinski definition) is 3. The number of nitrogen functional groups attached to an aromatic ring is 2. The highest BCUT2D eigenvalue weighted by Gasteiger charge is 2.11. The fraction of sp³-hybridized carbons (Fsp3) is 0.125. The van der Waals surface area contributed by atoms with Crippen molar-refractivity contribution in [2.24, 2.45) is 0 Å². The Labute approximate surface area is 74.0 Å². The van der Waals surface area contributed by atoms with Crippen molar-refractivity contribution in [3.05, 3.63) is 23.5 Å². The summed E-state index contributed by atoms with van der Waals surface area (Å²) >= 11 is 0. The number of benzene rings is 1. The van der Waals surface area contributed by atoms with Crippen LogP contribution in [0.15, 0.2) is 12.1 Å². The molecule has 0 heterocycles. The third-order valence-corrected chi connectivity index (χ3v) is 1.64. The van der Waals surface area contributed by atoms with Crippen LogP contribution in [0.3, 0.4) is 0 Å². The largest absolute Gasteiger partial charge is 0.481 e. The first-order valence-electron chi connectivity index (χ1n) is 3.56. The molecule has 70 valence electrons. The van der Waals surface area contributed by atoms with Gasteiger partial charge in [0.2, 0.25) is 0 Å². The lowest BCUT2D eigenvalue weighted by atomic mass is 10.1. The standard InChI is InChI=1S/C8H9FN2O2/c9-7-4(3-6(12)13)1-2-5(10)8(7)11/h1-2H,3,10-11H2,(H,12,13). The highest BCUT2D eigenvalue weighted by Crippen LogP contribution is 2.22. The monoisotopic (exact) mass is 184 g/mol. The Morgan fingerprint density at radius 1 is 1.46 bits per heavy atom. The first-order valence-corrected chi connectivity index (χ1v) is 3.56. The summed E-state index contributed by atoms with van der Waals surface area (Å²) in [5.41, 5.74) is 10.5. The van der Waals surface area contributed by atoms with Crippen LogP contribution in [0, 0.1) is 5.82 Å². The summed E-state index contributed by atoms with van der Waals surface area (Å²) in [6.07, 6.45) is -0.393. The van der Waals surface area contributed by atoms with Gasteiger partial charge in [-0.15, -0.1) is 0 Å². The molecular weight excluding hydrogens is 175 g/mol. The van der Waals surface area contributed by atoms with E-state index in [0.717, 1.165) is 0 Å². The normalized spacial score (nSPS) is 9.92. The third kappa shape index (κ3) is 1.87. The second kappa shape index (κ2) is 3.30. The van der Waals surface area contributed by atoms with Gasteiger partial charge in [0.25, 0.3) is 0 Å². The number of rotatable bonds is 2. The highest BCUT2D eigenvalue weighted by atomic mass is 19.1. The van der Waals surface area contributed by atoms with E-state index in [0.29, 0.717) is 0 Å². The summed E-state index contributed by atoms with van der Waals surface area (Å²) in [5, 5.41) is 8.41. The minimum atomic E-state index is -1.11. The van der Waals surface area contributed by atoms with Crippen molar-refractivity contribution in [3.63, 3.8) is 0 Å². The molecule has 4 nitrogen and oxygen atoms in total. The minimum absolute atomic E-state index is 0.0409. The highest BCUT2D eigenvalue weighted by molar-refractivity contribution is 5.73. The van der Waals surface area contributed by atoms with Crippen LogP contribution in [-0.4, -0.2) is 11.1 Å².